The number of carbonyl (C=O) groups is 2. The molecule has 3 rings (SSSR count). The second-order valence-electron chi connectivity index (χ2n) is 7.89. The van der Waals surface area contributed by atoms with Gasteiger partial charge in [0.1, 0.15) is 11.8 Å². The smallest absolute Gasteiger partial charge is 0.261 e. The quantitative estimate of drug-likeness (QED) is 0.301. The van der Waals surface area contributed by atoms with Crippen LogP contribution in [0, 0.1) is 3.57 Å². The molecule has 0 aliphatic heterocycles. The molecule has 0 unspecified atom stereocenters. The molecule has 178 valence electrons. The van der Waals surface area contributed by atoms with Gasteiger partial charge in [0, 0.05) is 28.1 Å². The first-order valence-electron chi connectivity index (χ1n) is 11.2. The van der Waals surface area contributed by atoms with Crippen molar-refractivity contribution in [1.29, 1.82) is 0 Å². The highest BCUT2D eigenvalue weighted by Gasteiger charge is 2.30. The molecule has 0 bridgehead atoms. The van der Waals surface area contributed by atoms with E-state index in [1.807, 2.05) is 73.7 Å². The predicted molar refractivity (Wildman–Crippen MR) is 144 cm³/mol. The minimum atomic E-state index is -0.683. The zero-order valence-electron chi connectivity index (χ0n) is 19.0. The van der Waals surface area contributed by atoms with Gasteiger partial charge in [0.2, 0.25) is 5.91 Å². The van der Waals surface area contributed by atoms with Crippen molar-refractivity contribution in [3.05, 3.63) is 98.6 Å². The number of amides is 2. The van der Waals surface area contributed by atoms with Gasteiger partial charge in [-0.3, -0.25) is 9.59 Å². The lowest BCUT2D eigenvalue weighted by Gasteiger charge is -2.31. The summed E-state index contributed by atoms with van der Waals surface area (Å²) in [6, 6.07) is 23.8. The number of hydrogen-bond donors (Lipinski definition) is 1. The van der Waals surface area contributed by atoms with Crippen LogP contribution in [0.15, 0.2) is 78.9 Å². The highest BCUT2D eigenvalue weighted by atomic mass is 127. The van der Waals surface area contributed by atoms with Gasteiger partial charge in [-0.25, -0.2) is 0 Å². The maximum absolute atomic E-state index is 13.5. The van der Waals surface area contributed by atoms with Crippen molar-refractivity contribution >= 4 is 46.0 Å². The Kier molecular flexibility index (Phi) is 10.2. The van der Waals surface area contributed by atoms with Crippen molar-refractivity contribution in [2.45, 2.75) is 32.4 Å². The molecule has 0 saturated carbocycles. The van der Waals surface area contributed by atoms with Gasteiger partial charge in [0.25, 0.3) is 5.91 Å². The van der Waals surface area contributed by atoms with E-state index in [2.05, 4.69) is 27.9 Å². The van der Waals surface area contributed by atoms with Crippen LogP contribution in [0.25, 0.3) is 0 Å². The molecule has 5 nitrogen and oxygen atoms in total. The summed E-state index contributed by atoms with van der Waals surface area (Å²) in [5.74, 6) is 0.165. The summed E-state index contributed by atoms with van der Waals surface area (Å²) >= 11 is 8.27. The molecule has 3 aromatic rings. The van der Waals surface area contributed by atoms with E-state index >= 15 is 0 Å². The van der Waals surface area contributed by atoms with Crippen LogP contribution < -0.4 is 10.1 Å². The number of rotatable bonds is 11. The summed E-state index contributed by atoms with van der Waals surface area (Å²) in [6.07, 6.45) is 1.21. The van der Waals surface area contributed by atoms with E-state index in [9.17, 15) is 9.59 Å². The van der Waals surface area contributed by atoms with Gasteiger partial charge in [-0.2, -0.15) is 0 Å². The number of ether oxygens (including phenoxy) is 1. The van der Waals surface area contributed by atoms with Crippen molar-refractivity contribution < 1.29 is 14.3 Å². The van der Waals surface area contributed by atoms with Gasteiger partial charge in [-0.15, -0.1) is 0 Å². The van der Waals surface area contributed by atoms with E-state index in [1.165, 1.54) is 0 Å². The fourth-order valence-corrected chi connectivity index (χ4v) is 3.95. The highest BCUT2D eigenvalue weighted by molar-refractivity contribution is 14.1. The standard InChI is InChI=1S/C27H28ClIN2O3/c1-2-16-30-27(33)25(17-20-6-4-3-5-7-20)31(18-21-8-10-22(28)11-9-21)26(32)19-34-24-14-12-23(29)13-15-24/h3-15,25H,2,16-19H2,1H3,(H,30,33)/t25-/m1/s1. The summed E-state index contributed by atoms with van der Waals surface area (Å²) in [6.45, 7) is 2.65. The molecular weight excluding hydrogens is 563 g/mol. The molecule has 1 N–H and O–H groups in total. The van der Waals surface area contributed by atoms with Crippen molar-refractivity contribution in [2.75, 3.05) is 13.2 Å². The Balaban J connectivity index is 1.87. The van der Waals surface area contributed by atoms with E-state index in [4.69, 9.17) is 16.3 Å². The van der Waals surface area contributed by atoms with Crippen LogP contribution in [-0.4, -0.2) is 35.9 Å². The second-order valence-corrected chi connectivity index (χ2v) is 9.57. The summed E-state index contributed by atoms with van der Waals surface area (Å²) < 4.78 is 6.85. The molecule has 0 spiro atoms. The second kappa shape index (κ2) is 13.3. The fraction of sp³-hybridized carbons (Fsp3) is 0.259. The summed E-state index contributed by atoms with van der Waals surface area (Å²) in [5.41, 5.74) is 1.86. The van der Waals surface area contributed by atoms with Gasteiger partial charge < -0.3 is 15.0 Å². The van der Waals surface area contributed by atoms with E-state index in [0.29, 0.717) is 23.7 Å². The SMILES string of the molecule is CCCNC(=O)[C@@H](Cc1ccccc1)N(Cc1ccc(Cl)cc1)C(=O)COc1ccc(I)cc1. The number of benzene rings is 3. The summed E-state index contributed by atoms with van der Waals surface area (Å²) in [5, 5.41) is 3.58. The molecular formula is C27H28ClIN2O3. The molecule has 3 aromatic carbocycles. The Morgan fingerprint density at radius 1 is 0.971 bits per heavy atom. The normalized spacial score (nSPS) is 11.5. The number of hydrogen-bond acceptors (Lipinski definition) is 3. The molecule has 1 atom stereocenters. The van der Waals surface area contributed by atoms with Crippen LogP contribution in [-0.2, 0) is 22.6 Å². The minimum Gasteiger partial charge on any atom is -0.484 e. The lowest BCUT2D eigenvalue weighted by atomic mass is 10.0. The Labute approximate surface area is 219 Å². The van der Waals surface area contributed by atoms with Gasteiger partial charge in [0.05, 0.1) is 0 Å². The van der Waals surface area contributed by atoms with Crippen molar-refractivity contribution in [1.82, 2.24) is 10.2 Å². The first-order chi connectivity index (χ1) is 16.5. The number of nitrogens with one attached hydrogen (secondary N) is 1. The summed E-state index contributed by atoms with van der Waals surface area (Å²) in [4.78, 5) is 28.3. The molecule has 34 heavy (non-hydrogen) atoms. The van der Waals surface area contributed by atoms with Crippen LogP contribution >= 0.6 is 34.2 Å². The van der Waals surface area contributed by atoms with E-state index in [-0.39, 0.29) is 25.0 Å². The largest absolute Gasteiger partial charge is 0.484 e. The Bertz CT molecular complexity index is 1060. The highest BCUT2D eigenvalue weighted by Crippen LogP contribution is 2.18. The summed E-state index contributed by atoms with van der Waals surface area (Å²) in [7, 11) is 0. The third-order valence-electron chi connectivity index (χ3n) is 5.26. The zero-order chi connectivity index (χ0) is 24.3. The number of carbonyl (C=O) groups excluding carboxylic acids is 2. The van der Waals surface area contributed by atoms with Crippen molar-refractivity contribution in [3.63, 3.8) is 0 Å². The lowest BCUT2D eigenvalue weighted by Crippen LogP contribution is -2.51. The molecule has 0 heterocycles. The molecule has 7 heteroatoms. The Morgan fingerprint density at radius 2 is 1.65 bits per heavy atom. The molecule has 0 radical (unpaired) electrons. The van der Waals surface area contributed by atoms with E-state index in [0.717, 1.165) is 21.1 Å². The fourth-order valence-electron chi connectivity index (χ4n) is 3.47. The van der Waals surface area contributed by atoms with Gasteiger partial charge in [-0.1, -0.05) is 61.0 Å². The number of nitrogens with zero attached hydrogens (tertiary/aromatic N) is 1. The van der Waals surface area contributed by atoms with Crippen LogP contribution in [0.1, 0.15) is 24.5 Å². The molecule has 0 aromatic heterocycles. The molecule has 0 fully saturated rings. The minimum absolute atomic E-state index is 0.166. The van der Waals surface area contributed by atoms with E-state index in [1.54, 1.807) is 17.0 Å². The average molecular weight is 591 g/mol. The maximum Gasteiger partial charge on any atom is 0.261 e. The van der Waals surface area contributed by atoms with Crippen molar-refractivity contribution in [3.8, 4) is 5.75 Å². The third-order valence-corrected chi connectivity index (χ3v) is 6.23. The first-order valence-corrected chi connectivity index (χ1v) is 12.7. The van der Waals surface area contributed by atoms with Gasteiger partial charge in [-0.05, 0) is 76.5 Å². The average Bonchev–Trinajstić information content (AvgIpc) is 2.86. The lowest BCUT2D eigenvalue weighted by molar-refractivity contribution is -0.142. The monoisotopic (exact) mass is 590 g/mol. The van der Waals surface area contributed by atoms with Crippen LogP contribution in [0.2, 0.25) is 5.02 Å². The number of halogens is 2. The maximum atomic E-state index is 13.5. The van der Waals surface area contributed by atoms with E-state index < -0.39 is 6.04 Å². The third kappa shape index (κ3) is 8.02. The molecule has 0 saturated heterocycles. The van der Waals surface area contributed by atoms with Crippen LogP contribution in [0.5, 0.6) is 5.75 Å². The van der Waals surface area contributed by atoms with Crippen LogP contribution in [0.4, 0.5) is 0 Å². The topological polar surface area (TPSA) is 58.6 Å². The molecule has 2 amide bonds. The Hall–Kier alpha value is -2.58. The first kappa shape index (κ1) is 26.0. The van der Waals surface area contributed by atoms with Crippen molar-refractivity contribution in [2.24, 2.45) is 0 Å². The molecule has 0 aliphatic carbocycles. The molecule has 0 aliphatic rings. The zero-order valence-corrected chi connectivity index (χ0v) is 22.0. The predicted octanol–water partition coefficient (Wildman–Crippen LogP) is 5.49. The van der Waals surface area contributed by atoms with Crippen LogP contribution in [0.3, 0.4) is 0 Å². The Morgan fingerprint density at radius 3 is 2.29 bits per heavy atom. The van der Waals surface area contributed by atoms with Gasteiger partial charge >= 0.3 is 0 Å². The van der Waals surface area contributed by atoms with Gasteiger partial charge in [0.15, 0.2) is 6.61 Å².